The topological polar surface area (TPSA) is 45.4 Å². The van der Waals surface area contributed by atoms with Crippen molar-refractivity contribution in [2.24, 2.45) is 0 Å². The highest BCUT2D eigenvalue weighted by Gasteiger charge is 2.33. The van der Waals surface area contributed by atoms with Crippen LogP contribution in [-0.2, 0) is 6.42 Å². The Morgan fingerprint density at radius 1 is 1.00 bits per heavy atom. The van der Waals surface area contributed by atoms with Crippen molar-refractivity contribution in [3.8, 4) is 11.4 Å². The van der Waals surface area contributed by atoms with Crippen LogP contribution in [-0.4, -0.2) is 58.7 Å². The monoisotopic (exact) mass is 420 g/mol. The molecule has 0 amide bonds. The molecule has 2 fully saturated rings. The lowest BCUT2D eigenvalue weighted by Crippen LogP contribution is -2.43. The van der Waals surface area contributed by atoms with Crippen molar-refractivity contribution in [1.82, 2.24) is 19.9 Å². The Balaban J connectivity index is 1.17. The molecular formula is C25H29FN4O. The number of hydrogen-bond donors (Lipinski definition) is 0. The highest BCUT2D eigenvalue weighted by molar-refractivity contribution is 5.53. The van der Waals surface area contributed by atoms with E-state index in [4.69, 9.17) is 4.52 Å². The van der Waals surface area contributed by atoms with Gasteiger partial charge in [-0.15, -0.1) is 0 Å². The molecule has 6 heteroatoms. The lowest BCUT2D eigenvalue weighted by molar-refractivity contribution is 0.136. The Hall–Kier alpha value is -2.57. The van der Waals surface area contributed by atoms with Crippen LogP contribution in [0.1, 0.15) is 36.6 Å². The molecule has 2 saturated heterocycles. The second-order valence-corrected chi connectivity index (χ2v) is 8.78. The summed E-state index contributed by atoms with van der Waals surface area (Å²) < 4.78 is 19.1. The van der Waals surface area contributed by atoms with E-state index in [0.717, 1.165) is 45.4 Å². The molecule has 0 radical (unpaired) electrons. The highest BCUT2D eigenvalue weighted by Crippen LogP contribution is 2.30. The molecule has 0 saturated carbocycles. The quantitative estimate of drug-likeness (QED) is 0.593. The average Bonchev–Trinajstić information content (AvgIpc) is 3.49. The van der Waals surface area contributed by atoms with Crippen LogP contribution in [0.5, 0.6) is 0 Å². The fourth-order valence-electron chi connectivity index (χ4n) is 4.93. The SMILES string of the molecule is Fc1cccc(-c2noc([C@@H]3CCCN([C@@H]4CCN(CCc5ccccc5)C4)C3)n2)c1. The molecule has 0 spiro atoms. The van der Waals surface area contributed by atoms with Gasteiger partial charge in [0.25, 0.3) is 0 Å². The summed E-state index contributed by atoms with van der Waals surface area (Å²) in [7, 11) is 0. The first-order valence-corrected chi connectivity index (χ1v) is 11.3. The van der Waals surface area contributed by atoms with Crippen LogP contribution < -0.4 is 0 Å². The van der Waals surface area contributed by atoms with Crippen LogP contribution in [0.15, 0.2) is 59.1 Å². The van der Waals surface area contributed by atoms with Crippen LogP contribution >= 0.6 is 0 Å². The van der Waals surface area contributed by atoms with Crippen molar-refractivity contribution in [3.63, 3.8) is 0 Å². The second kappa shape index (κ2) is 9.28. The molecule has 2 aliphatic heterocycles. The zero-order valence-corrected chi connectivity index (χ0v) is 17.8. The van der Waals surface area contributed by atoms with Gasteiger partial charge in [-0.3, -0.25) is 4.90 Å². The van der Waals surface area contributed by atoms with E-state index in [9.17, 15) is 4.39 Å². The largest absolute Gasteiger partial charge is 0.339 e. The Morgan fingerprint density at radius 2 is 1.90 bits per heavy atom. The molecular weight excluding hydrogens is 391 g/mol. The summed E-state index contributed by atoms with van der Waals surface area (Å²) in [6, 6.07) is 17.7. The predicted octanol–water partition coefficient (Wildman–Crippen LogP) is 4.37. The molecule has 1 aromatic heterocycles. The smallest absolute Gasteiger partial charge is 0.231 e. The normalized spacial score (nSPS) is 22.7. The van der Waals surface area contributed by atoms with Gasteiger partial charge in [-0.2, -0.15) is 4.98 Å². The van der Waals surface area contributed by atoms with Gasteiger partial charge in [0.15, 0.2) is 0 Å². The van der Waals surface area contributed by atoms with Crippen LogP contribution in [0.2, 0.25) is 0 Å². The van der Waals surface area contributed by atoms with E-state index >= 15 is 0 Å². The summed E-state index contributed by atoms with van der Waals surface area (Å²) in [5.74, 6) is 1.12. The summed E-state index contributed by atoms with van der Waals surface area (Å²) in [5, 5.41) is 4.11. The average molecular weight is 421 g/mol. The number of benzene rings is 2. The summed E-state index contributed by atoms with van der Waals surface area (Å²) in [6.07, 6.45) is 4.54. The molecule has 0 aliphatic carbocycles. The van der Waals surface area contributed by atoms with Gasteiger partial charge in [-0.25, -0.2) is 4.39 Å². The molecule has 162 valence electrons. The minimum Gasteiger partial charge on any atom is -0.339 e. The zero-order chi connectivity index (χ0) is 21.0. The van der Waals surface area contributed by atoms with E-state index in [2.05, 4.69) is 50.3 Å². The Kier molecular flexibility index (Phi) is 6.09. The van der Waals surface area contributed by atoms with Crippen molar-refractivity contribution in [1.29, 1.82) is 0 Å². The molecule has 5 nitrogen and oxygen atoms in total. The van der Waals surface area contributed by atoms with Crippen molar-refractivity contribution < 1.29 is 8.91 Å². The first kappa shape index (κ1) is 20.3. The fraction of sp³-hybridized carbons (Fsp3) is 0.440. The van der Waals surface area contributed by atoms with Gasteiger partial charge in [0, 0.05) is 31.2 Å². The third-order valence-corrected chi connectivity index (χ3v) is 6.65. The number of aromatic nitrogens is 2. The van der Waals surface area contributed by atoms with Gasteiger partial charge in [0.05, 0.1) is 5.92 Å². The number of piperidine rings is 1. The molecule has 3 heterocycles. The number of hydrogen-bond acceptors (Lipinski definition) is 5. The molecule has 0 bridgehead atoms. The maximum Gasteiger partial charge on any atom is 0.231 e. The molecule has 5 rings (SSSR count). The van der Waals surface area contributed by atoms with E-state index < -0.39 is 0 Å². The molecule has 2 aliphatic rings. The first-order chi connectivity index (χ1) is 15.2. The second-order valence-electron chi connectivity index (χ2n) is 8.78. The Morgan fingerprint density at radius 3 is 2.77 bits per heavy atom. The summed E-state index contributed by atoms with van der Waals surface area (Å²) >= 11 is 0. The van der Waals surface area contributed by atoms with Gasteiger partial charge in [0.1, 0.15) is 5.82 Å². The lowest BCUT2D eigenvalue weighted by atomic mass is 9.96. The van der Waals surface area contributed by atoms with Gasteiger partial charge < -0.3 is 9.42 Å². The van der Waals surface area contributed by atoms with Crippen molar-refractivity contribution in [2.45, 2.75) is 37.6 Å². The number of rotatable bonds is 6. The molecule has 2 atom stereocenters. The van der Waals surface area contributed by atoms with E-state index in [-0.39, 0.29) is 11.7 Å². The molecule has 3 aromatic rings. The van der Waals surface area contributed by atoms with Crippen molar-refractivity contribution in [2.75, 3.05) is 32.7 Å². The van der Waals surface area contributed by atoms with E-state index in [1.165, 1.54) is 30.7 Å². The van der Waals surface area contributed by atoms with Crippen LogP contribution in [0.25, 0.3) is 11.4 Å². The minimum atomic E-state index is -0.286. The third-order valence-electron chi connectivity index (χ3n) is 6.65. The summed E-state index contributed by atoms with van der Waals surface area (Å²) in [4.78, 5) is 9.81. The lowest BCUT2D eigenvalue weighted by Gasteiger charge is -2.35. The van der Waals surface area contributed by atoms with Gasteiger partial charge in [-0.1, -0.05) is 47.6 Å². The number of halogens is 1. The van der Waals surface area contributed by atoms with Gasteiger partial charge in [0.2, 0.25) is 11.7 Å². The van der Waals surface area contributed by atoms with Crippen molar-refractivity contribution >= 4 is 0 Å². The fourth-order valence-corrected chi connectivity index (χ4v) is 4.93. The standard InChI is InChI=1S/C25H29FN4O/c26-22-10-4-8-20(16-22)24-27-25(31-28-24)21-9-5-13-30(17-21)23-12-15-29(18-23)14-11-19-6-2-1-3-7-19/h1-4,6-8,10,16,21,23H,5,9,11-15,17-18H2/t21-,23-/m1/s1. The molecule has 2 aromatic carbocycles. The van der Waals surface area contributed by atoms with E-state index in [1.807, 2.05) is 6.07 Å². The van der Waals surface area contributed by atoms with Crippen molar-refractivity contribution in [3.05, 3.63) is 71.9 Å². The minimum absolute atomic E-state index is 0.252. The molecule has 0 unspecified atom stereocenters. The van der Waals surface area contributed by atoms with Gasteiger partial charge in [-0.05, 0) is 56.5 Å². The van der Waals surface area contributed by atoms with E-state index in [1.54, 1.807) is 6.07 Å². The van der Waals surface area contributed by atoms with Crippen LogP contribution in [0.4, 0.5) is 4.39 Å². The first-order valence-electron chi connectivity index (χ1n) is 11.3. The van der Waals surface area contributed by atoms with Crippen LogP contribution in [0, 0.1) is 5.82 Å². The molecule has 0 N–H and O–H groups in total. The van der Waals surface area contributed by atoms with E-state index in [0.29, 0.717) is 23.3 Å². The predicted molar refractivity (Wildman–Crippen MR) is 118 cm³/mol. The maximum atomic E-state index is 13.5. The summed E-state index contributed by atoms with van der Waals surface area (Å²) in [6.45, 7) is 5.53. The molecule has 31 heavy (non-hydrogen) atoms. The Bertz CT molecular complexity index is 992. The zero-order valence-electron chi connectivity index (χ0n) is 17.8. The highest BCUT2D eigenvalue weighted by atomic mass is 19.1. The Labute approximate surface area is 182 Å². The maximum absolute atomic E-state index is 13.5. The third kappa shape index (κ3) is 4.86. The van der Waals surface area contributed by atoms with Crippen LogP contribution in [0.3, 0.4) is 0 Å². The number of likely N-dealkylation sites (tertiary alicyclic amines) is 2. The number of nitrogens with zero attached hydrogens (tertiary/aromatic N) is 4. The van der Waals surface area contributed by atoms with Gasteiger partial charge >= 0.3 is 0 Å². The summed E-state index contributed by atoms with van der Waals surface area (Å²) in [5.41, 5.74) is 2.07.